The number of halogens is 1. The fourth-order valence-electron chi connectivity index (χ4n) is 2.75. The van der Waals surface area contributed by atoms with E-state index in [2.05, 4.69) is 38.0 Å². The molecule has 1 heterocycles. The second-order valence-corrected chi connectivity index (χ2v) is 6.78. The number of benzene rings is 2. The molecular weight excluding hydrogens is 410 g/mol. The second-order valence-electron chi connectivity index (χ2n) is 5.93. The molecule has 7 heteroatoms. The summed E-state index contributed by atoms with van der Waals surface area (Å²) in [7, 11) is 0. The van der Waals surface area contributed by atoms with Crippen LogP contribution in [0.1, 0.15) is 21.6 Å². The second kappa shape index (κ2) is 8.18. The number of aromatic nitrogens is 2. The van der Waals surface area contributed by atoms with Crippen LogP contribution in [-0.4, -0.2) is 27.7 Å². The zero-order chi connectivity index (χ0) is 19.4. The highest BCUT2D eigenvalue weighted by atomic mass is 79.9. The summed E-state index contributed by atoms with van der Waals surface area (Å²) in [5.74, 6) is -0.390. The number of aryl methyl sites for hydroxylation is 1. The van der Waals surface area contributed by atoms with E-state index < -0.39 is 5.97 Å². The number of hydrogen-bond acceptors (Lipinski definition) is 5. The highest BCUT2D eigenvalue weighted by molar-refractivity contribution is 9.10. The summed E-state index contributed by atoms with van der Waals surface area (Å²) < 4.78 is 6.54. The lowest BCUT2D eigenvalue weighted by Crippen LogP contribution is -2.09. The SMILES string of the molecule is Cc1nc(N)nc(-c2ccc(OCCc3ccccc3)c(Br)c2)c1C(=O)O. The van der Waals surface area contributed by atoms with Crippen molar-refractivity contribution in [2.75, 3.05) is 12.3 Å². The summed E-state index contributed by atoms with van der Waals surface area (Å²) in [5, 5.41) is 9.49. The Morgan fingerprint density at radius 2 is 1.93 bits per heavy atom. The Labute approximate surface area is 165 Å². The zero-order valence-corrected chi connectivity index (χ0v) is 16.2. The number of carbonyl (C=O) groups is 1. The summed E-state index contributed by atoms with van der Waals surface area (Å²) in [5.41, 5.74) is 8.16. The van der Waals surface area contributed by atoms with E-state index >= 15 is 0 Å². The molecule has 0 aliphatic heterocycles. The molecule has 0 amide bonds. The van der Waals surface area contributed by atoms with Gasteiger partial charge in [0.1, 0.15) is 11.3 Å². The maximum Gasteiger partial charge on any atom is 0.339 e. The van der Waals surface area contributed by atoms with E-state index in [0.29, 0.717) is 28.1 Å². The van der Waals surface area contributed by atoms with Crippen LogP contribution in [0.25, 0.3) is 11.3 Å². The van der Waals surface area contributed by atoms with Crippen molar-refractivity contribution in [3.05, 3.63) is 69.8 Å². The third-order valence-corrected chi connectivity index (χ3v) is 4.64. The average molecular weight is 428 g/mol. The van der Waals surface area contributed by atoms with Crippen LogP contribution in [0.5, 0.6) is 5.75 Å². The molecule has 0 radical (unpaired) electrons. The third-order valence-electron chi connectivity index (χ3n) is 4.02. The third kappa shape index (κ3) is 4.43. The standard InChI is InChI=1S/C20H18BrN3O3/c1-12-17(19(25)26)18(24-20(22)23-12)14-7-8-16(15(21)11-14)27-10-9-13-5-3-2-4-6-13/h2-8,11H,9-10H2,1H3,(H,25,26)(H2,22,23,24). The van der Waals surface area contributed by atoms with E-state index in [1.54, 1.807) is 25.1 Å². The molecule has 27 heavy (non-hydrogen) atoms. The molecule has 0 atom stereocenters. The average Bonchev–Trinajstić information content (AvgIpc) is 2.63. The summed E-state index contributed by atoms with van der Waals surface area (Å²) in [6.45, 7) is 2.13. The molecule has 0 aliphatic rings. The molecule has 0 saturated heterocycles. The topological polar surface area (TPSA) is 98.3 Å². The Bertz CT molecular complexity index is 978. The molecule has 138 valence electrons. The molecule has 2 aromatic carbocycles. The molecule has 3 rings (SSSR count). The van der Waals surface area contributed by atoms with Crippen LogP contribution in [0.2, 0.25) is 0 Å². The first-order valence-electron chi connectivity index (χ1n) is 8.29. The van der Waals surface area contributed by atoms with Crippen LogP contribution < -0.4 is 10.5 Å². The van der Waals surface area contributed by atoms with Crippen LogP contribution in [0, 0.1) is 6.92 Å². The van der Waals surface area contributed by atoms with Crippen molar-refractivity contribution in [3.63, 3.8) is 0 Å². The van der Waals surface area contributed by atoms with Gasteiger partial charge in [0, 0.05) is 12.0 Å². The molecule has 1 aromatic heterocycles. The first-order chi connectivity index (χ1) is 13.0. The van der Waals surface area contributed by atoms with E-state index in [1.165, 1.54) is 5.56 Å². The van der Waals surface area contributed by atoms with Gasteiger partial charge in [-0.25, -0.2) is 14.8 Å². The monoisotopic (exact) mass is 427 g/mol. The number of aromatic carboxylic acids is 1. The van der Waals surface area contributed by atoms with E-state index in [9.17, 15) is 9.90 Å². The van der Waals surface area contributed by atoms with Gasteiger partial charge in [-0.05, 0) is 46.6 Å². The van der Waals surface area contributed by atoms with Crippen LogP contribution >= 0.6 is 15.9 Å². The van der Waals surface area contributed by atoms with Crippen molar-refractivity contribution in [2.24, 2.45) is 0 Å². The van der Waals surface area contributed by atoms with Gasteiger partial charge < -0.3 is 15.6 Å². The lowest BCUT2D eigenvalue weighted by Gasteiger charge is -2.12. The molecular formula is C20H18BrN3O3. The fraction of sp³-hybridized carbons (Fsp3) is 0.150. The highest BCUT2D eigenvalue weighted by Crippen LogP contribution is 2.32. The number of hydrogen-bond donors (Lipinski definition) is 2. The lowest BCUT2D eigenvalue weighted by molar-refractivity contribution is 0.0696. The van der Waals surface area contributed by atoms with Gasteiger partial charge in [-0.15, -0.1) is 0 Å². The van der Waals surface area contributed by atoms with Gasteiger partial charge in [0.2, 0.25) is 5.95 Å². The Morgan fingerprint density at radius 3 is 2.59 bits per heavy atom. The van der Waals surface area contributed by atoms with E-state index in [-0.39, 0.29) is 17.2 Å². The minimum absolute atomic E-state index is 0.0341. The van der Waals surface area contributed by atoms with Gasteiger partial charge in [0.05, 0.1) is 22.5 Å². The quantitative estimate of drug-likeness (QED) is 0.613. The Hall–Kier alpha value is -2.93. The predicted molar refractivity (Wildman–Crippen MR) is 107 cm³/mol. The Morgan fingerprint density at radius 1 is 1.19 bits per heavy atom. The minimum Gasteiger partial charge on any atom is -0.492 e. The van der Waals surface area contributed by atoms with E-state index in [4.69, 9.17) is 10.5 Å². The number of carboxylic acid groups (broad SMARTS) is 1. The van der Waals surface area contributed by atoms with Crippen LogP contribution in [0.15, 0.2) is 53.0 Å². The fourth-order valence-corrected chi connectivity index (χ4v) is 3.24. The van der Waals surface area contributed by atoms with Crippen molar-refractivity contribution >= 4 is 27.8 Å². The number of nitrogen functional groups attached to an aromatic ring is 1. The molecule has 0 saturated carbocycles. The molecule has 0 bridgehead atoms. The smallest absolute Gasteiger partial charge is 0.339 e. The maximum atomic E-state index is 11.6. The van der Waals surface area contributed by atoms with E-state index in [1.807, 2.05) is 18.2 Å². The van der Waals surface area contributed by atoms with Gasteiger partial charge >= 0.3 is 5.97 Å². The number of nitrogens with zero attached hydrogens (tertiary/aromatic N) is 2. The van der Waals surface area contributed by atoms with Gasteiger partial charge in [0.25, 0.3) is 0 Å². The summed E-state index contributed by atoms with van der Waals surface area (Å²) in [4.78, 5) is 19.7. The molecule has 0 fully saturated rings. The number of ether oxygens (including phenoxy) is 1. The first kappa shape index (κ1) is 18.8. The van der Waals surface area contributed by atoms with Gasteiger partial charge in [0.15, 0.2) is 0 Å². The molecule has 3 N–H and O–H groups in total. The summed E-state index contributed by atoms with van der Waals surface area (Å²) >= 11 is 3.48. The molecule has 0 spiro atoms. The van der Waals surface area contributed by atoms with Gasteiger partial charge in [-0.1, -0.05) is 30.3 Å². The molecule has 0 aliphatic carbocycles. The first-order valence-corrected chi connectivity index (χ1v) is 9.09. The predicted octanol–water partition coefficient (Wildman–Crippen LogP) is 4.12. The normalized spacial score (nSPS) is 10.6. The highest BCUT2D eigenvalue weighted by Gasteiger charge is 2.19. The molecule has 3 aromatic rings. The lowest BCUT2D eigenvalue weighted by atomic mass is 10.0. The van der Waals surface area contributed by atoms with Crippen molar-refractivity contribution < 1.29 is 14.6 Å². The summed E-state index contributed by atoms with van der Waals surface area (Å²) in [6, 6.07) is 15.4. The number of rotatable bonds is 6. The van der Waals surface area contributed by atoms with Gasteiger partial charge in [-0.3, -0.25) is 0 Å². The van der Waals surface area contributed by atoms with Crippen LogP contribution in [0.3, 0.4) is 0 Å². The van der Waals surface area contributed by atoms with Crippen molar-refractivity contribution in [3.8, 4) is 17.0 Å². The number of anilines is 1. The van der Waals surface area contributed by atoms with Crippen LogP contribution in [-0.2, 0) is 6.42 Å². The van der Waals surface area contributed by atoms with Crippen molar-refractivity contribution in [1.82, 2.24) is 9.97 Å². The number of carboxylic acids is 1. The molecule has 0 unspecified atom stereocenters. The number of nitrogens with two attached hydrogens (primary N) is 1. The van der Waals surface area contributed by atoms with Crippen molar-refractivity contribution in [1.29, 1.82) is 0 Å². The summed E-state index contributed by atoms with van der Waals surface area (Å²) in [6.07, 6.45) is 0.792. The maximum absolute atomic E-state index is 11.6. The molecule has 6 nitrogen and oxygen atoms in total. The van der Waals surface area contributed by atoms with Gasteiger partial charge in [-0.2, -0.15) is 0 Å². The van der Waals surface area contributed by atoms with Crippen LogP contribution in [0.4, 0.5) is 5.95 Å². The Balaban J connectivity index is 1.82. The Kier molecular flexibility index (Phi) is 5.71. The minimum atomic E-state index is -1.10. The van der Waals surface area contributed by atoms with Crippen molar-refractivity contribution in [2.45, 2.75) is 13.3 Å². The zero-order valence-electron chi connectivity index (χ0n) is 14.6. The largest absolute Gasteiger partial charge is 0.492 e. The van der Waals surface area contributed by atoms with E-state index in [0.717, 1.165) is 6.42 Å².